The maximum Gasteiger partial charge on any atom is 0.282 e. The molecule has 2 heterocycles. The maximum atomic E-state index is 13.0. The Labute approximate surface area is 172 Å². The van der Waals surface area contributed by atoms with Gasteiger partial charge in [0.15, 0.2) is 6.04 Å². The molecule has 0 radical (unpaired) electrons. The van der Waals surface area contributed by atoms with Gasteiger partial charge >= 0.3 is 0 Å². The molecule has 3 aromatic rings. The highest BCUT2D eigenvalue weighted by Gasteiger charge is 2.36. The van der Waals surface area contributed by atoms with E-state index in [0.717, 1.165) is 15.7 Å². The van der Waals surface area contributed by atoms with Gasteiger partial charge in [0, 0.05) is 15.4 Å². The van der Waals surface area contributed by atoms with Gasteiger partial charge in [-0.15, -0.1) is 11.3 Å². The van der Waals surface area contributed by atoms with Gasteiger partial charge in [0.1, 0.15) is 5.82 Å². The van der Waals surface area contributed by atoms with E-state index in [9.17, 15) is 9.18 Å². The number of thiazole rings is 1. The Morgan fingerprint density at radius 3 is 2.57 bits per heavy atom. The van der Waals surface area contributed by atoms with E-state index in [4.69, 9.17) is 0 Å². The second-order valence-electron chi connectivity index (χ2n) is 6.01. The Bertz CT molecular complexity index is 1080. The first-order chi connectivity index (χ1) is 13.5. The van der Waals surface area contributed by atoms with Crippen molar-refractivity contribution in [2.24, 2.45) is 15.3 Å². The number of carbonyl (C=O) groups excluding carboxylic acids is 1. The molecule has 1 aromatic heterocycles. The summed E-state index contributed by atoms with van der Waals surface area (Å²) in [6.07, 6.45) is 0. The van der Waals surface area contributed by atoms with Crippen LogP contribution in [0, 0.1) is 5.82 Å². The summed E-state index contributed by atoms with van der Waals surface area (Å²) in [5, 5.41) is 16.0. The Kier molecular flexibility index (Phi) is 5.10. The van der Waals surface area contributed by atoms with E-state index >= 15 is 0 Å². The first-order valence-corrected chi connectivity index (χ1v) is 9.95. The van der Waals surface area contributed by atoms with Gasteiger partial charge in [0.2, 0.25) is 5.13 Å². The lowest BCUT2D eigenvalue weighted by Crippen LogP contribution is -2.29. The predicted octanol–water partition coefficient (Wildman–Crippen LogP) is 5.59. The van der Waals surface area contributed by atoms with Gasteiger partial charge in [-0.05, 0) is 43.3 Å². The summed E-state index contributed by atoms with van der Waals surface area (Å²) in [6.45, 7) is 1.72. The largest absolute Gasteiger partial charge is 0.282 e. The zero-order valence-corrected chi connectivity index (χ0v) is 17.0. The number of hydrazone groups is 1. The monoisotopic (exact) mass is 457 g/mol. The van der Waals surface area contributed by atoms with Crippen LogP contribution in [0.2, 0.25) is 0 Å². The average Bonchev–Trinajstić information content (AvgIpc) is 3.27. The van der Waals surface area contributed by atoms with E-state index in [-0.39, 0.29) is 11.7 Å². The zero-order chi connectivity index (χ0) is 19.7. The molecule has 2 aromatic carbocycles. The summed E-state index contributed by atoms with van der Waals surface area (Å²) >= 11 is 4.74. The van der Waals surface area contributed by atoms with E-state index in [1.54, 1.807) is 6.92 Å². The van der Waals surface area contributed by atoms with E-state index in [2.05, 4.69) is 36.2 Å². The normalized spacial score (nSPS) is 16.8. The van der Waals surface area contributed by atoms with Crippen molar-refractivity contribution in [1.82, 2.24) is 4.98 Å². The second kappa shape index (κ2) is 7.69. The summed E-state index contributed by atoms with van der Waals surface area (Å²) in [6, 6.07) is 12.5. The van der Waals surface area contributed by atoms with Gasteiger partial charge in [0.05, 0.1) is 17.1 Å². The van der Waals surface area contributed by atoms with E-state index in [1.807, 2.05) is 29.6 Å². The minimum atomic E-state index is -0.815. The number of azo groups is 1. The number of amides is 1. The molecule has 0 saturated heterocycles. The third kappa shape index (κ3) is 3.76. The number of nitrogens with zero attached hydrogens (tertiary/aromatic N) is 5. The molecule has 0 spiro atoms. The molecule has 0 N–H and O–H groups in total. The SMILES string of the molecule is CC1=NN(c2nc(-c3ccc(Br)cc3)cs2)C(=O)[C@H]1N=Nc1ccc(F)cc1. The van der Waals surface area contributed by atoms with Crippen LogP contribution in [-0.4, -0.2) is 22.6 Å². The van der Waals surface area contributed by atoms with E-state index < -0.39 is 6.04 Å². The van der Waals surface area contributed by atoms with Crippen LogP contribution in [-0.2, 0) is 4.79 Å². The Morgan fingerprint density at radius 2 is 1.86 bits per heavy atom. The van der Waals surface area contributed by atoms with Gasteiger partial charge in [-0.25, -0.2) is 9.37 Å². The highest BCUT2D eigenvalue weighted by molar-refractivity contribution is 9.10. The third-order valence-electron chi connectivity index (χ3n) is 4.02. The molecule has 1 aliphatic heterocycles. The molecule has 4 rings (SSSR count). The summed E-state index contributed by atoms with van der Waals surface area (Å²) in [7, 11) is 0. The number of halogens is 2. The maximum absolute atomic E-state index is 13.0. The van der Waals surface area contributed by atoms with Crippen molar-refractivity contribution in [2.45, 2.75) is 13.0 Å². The molecule has 0 bridgehead atoms. The molecule has 0 aliphatic carbocycles. The third-order valence-corrected chi connectivity index (χ3v) is 5.37. The minimum absolute atomic E-state index is 0.319. The standard InChI is InChI=1S/C19H13BrFN5OS/c1-11-17(24-23-15-8-6-14(21)7-9-15)18(27)26(25-11)19-22-16(10-28-19)12-2-4-13(20)5-3-12/h2-10,17H,1H3/t17-/m0/s1. The van der Waals surface area contributed by atoms with Crippen LogP contribution >= 0.6 is 27.3 Å². The summed E-state index contributed by atoms with van der Waals surface area (Å²) in [5.41, 5.74) is 2.71. The summed E-state index contributed by atoms with van der Waals surface area (Å²) in [4.78, 5) is 17.3. The number of benzene rings is 2. The minimum Gasteiger partial charge on any atom is -0.269 e. The van der Waals surface area contributed by atoms with Crippen molar-refractivity contribution in [1.29, 1.82) is 0 Å². The van der Waals surface area contributed by atoms with E-state index in [0.29, 0.717) is 16.5 Å². The topological polar surface area (TPSA) is 70.3 Å². The first-order valence-electron chi connectivity index (χ1n) is 8.28. The number of rotatable bonds is 4. The van der Waals surface area contributed by atoms with Crippen molar-refractivity contribution >= 4 is 49.7 Å². The van der Waals surface area contributed by atoms with Crippen molar-refractivity contribution in [2.75, 3.05) is 5.01 Å². The number of anilines is 1. The molecular weight excluding hydrogens is 445 g/mol. The molecule has 1 aliphatic rings. The molecule has 28 heavy (non-hydrogen) atoms. The van der Waals surface area contributed by atoms with Crippen LogP contribution in [0.5, 0.6) is 0 Å². The summed E-state index contributed by atoms with van der Waals surface area (Å²) < 4.78 is 14.0. The van der Waals surface area contributed by atoms with Gasteiger partial charge in [-0.3, -0.25) is 4.79 Å². The fraction of sp³-hybridized carbons (Fsp3) is 0.105. The van der Waals surface area contributed by atoms with E-state index in [1.165, 1.54) is 40.6 Å². The zero-order valence-electron chi connectivity index (χ0n) is 14.6. The molecule has 6 nitrogen and oxygen atoms in total. The molecular formula is C19H13BrFN5OS. The number of aromatic nitrogens is 1. The lowest BCUT2D eigenvalue weighted by Gasteiger charge is -2.08. The van der Waals surface area contributed by atoms with Gasteiger partial charge in [-0.1, -0.05) is 28.1 Å². The van der Waals surface area contributed by atoms with Crippen molar-refractivity contribution in [3.63, 3.8) is 0 Å². The second-order valence-corrected chi connectivity index (χ2v) is 7.76. The molecule has 1 atom stereocenters. The quantitative estimate of drug-likeness (QED) is 0.479. The predicted molar refractivity (Wildman–Crippen MR) is 111 cm³/mol. The Hall–Kier alpha value is -2.78. The summed E-state index contributed by atoms with van der Waals surface area (Å²) in [5.74, 6) is -0.676. The first kappa shape index (κ1) is 18.6. The molecule has 9 heteroatoms. The highest BCUT2D eigenvalue weighted by Crippen LogP contribution is 2.31. The molecule has 140 valence electrons. The number of carbonyl (C=O) groups is 1. The van der Waals surface area contributed by atoms with Crippen molar-refractivity contribution in [3.05, 3.63) is 64.2 Å². The molecule has 1 amide bonds. The average molecular weight is 458 g/mol. The fourth-order valence-electron chi connectivity index (χ4n) is 2.57. The van der Waals surface area contributed by atoms with Crippen molar-refractivity contribution < 1.29 is 9.18 Å². The lowest BCUT2D eigenvalue weighted by atomic mass is 10.2. The fourth-order valence-corrected chi connectivity index (χ4v) is 3.63. The molecule has 0 saturated carbocycles. The van der Waals surface area contributed by atoms with Crippen molar-refractivity contribution in [3.8, 4) is 11.3 Å². The number of hydrogen-bond acceptors (Lipinski definition) is 6. The lowest BCUT2D eigenvalue weighted by molar-refractivity contribution is -0.117. The molecule has 0 unspecified atom stereocenters. The van der Waals surface area contributed by atoms with Crippen LogP contribution in [0.4, 0.5) is 15.2 Å². The van der Waals surface area contributed by atoms with Crippen LogP contribution < -0.4 is 5.01 Å². The van der Waals surface area contributed by atoms with Crippen LogP contribution in [0.15, 0.2) is 73.7 Å². The van der Waals surface area contributed by atoms with Crippen LogP contribution in [0.3, 0.4) is 0 Å². The smallest absolute Gasteiger partial charge is 0.269 e. The van der Waals surface area contributed by atoms with Crippen LogP contribution in [0.1, 0.15) is 6.92 Å². The Morgan fingerprint density at radius 1 is 1.14 bits per heavy atom. The van der Waals surface area contributed by atoms with Gasteiger partial charge < -0.3 is 0 Å². The van der Waals surface area contributed by atoms with Gasteiger partial charge in [0.25, 0.3) is 5.91 Å². The Balaban J connectivity index is 1.53. The van der Waals surface area contributed by atoms with Gasteiger partial charge in [-0.2, -0.15) is 20.3 Å². The molecule has 0 fully saturated rings. The number of hydrogen-bond donors (Lipinski definition) is 0. The van der Waals surface area contributed by atoms with Crippen LogP contribution in [0.25, 0.3) is 11.3 Å². The highest BCUT2D eigenvalue weighted by atomic mass is 79.9.